The fourth-order valence-electron chi connectivity index (χ4n) is 3.77. The van der Waals surface area contributed by atoms with Crippen molar-refractivity contribution in [1.29, 1.82) is 0 Å². The molecule has 0 radical (unpaired) electrons. The van der Waals surface area contributed by atoms with Crippen molar-refractivity contribution in [3.8, 4) is 0 Å². The Morgan fingerprint density at radius 1 is 0.929 bits per heavy atom. The number of benzene rings is 2. The van der Waals surface area contributed by atoms with E-state index in [0.717, 1.165) is 5.69 Å². The number of nitrogens with zero attached hydrogens (tertiary/aromatic N) is 2. The second kappa shape index (κ2) is 7.73. The first-order chi connectivity index (χ1) is 13.6. The molecule has 2 aromatic carbocycles. The Kier molecular flexibility index (Phi) is 5.15. The van der Waals surface area contributed by atoms with Gasteiger partial charge in [-0.15, -0.1) is 0 Å². The van der Waals surface area contributed by atoms with Crippen LogP contribution in [0.25, 0.3) is 0 Å². The highest BCUT2D eigenvalue weighted by Gasteiger charge is 2.40. The summed E-state index contributed by atoms with van der Waals surface area (Å²) in [7, 11) is 1.73. The lowest BCUT2D eigenvalue weighted by molar-refractivity contribution is -0.181. The number of carbonyl (C=O) groups is 2. The van der Waals surface area contributed by atoms with E-state index in [2.05, 4.69) is 0 Å². The number of anilines is 1. The lowest BCUT2D eigenvalue weighted by atomic mass is 10.0. The van der Waals surface area contributed by atoms with Gasteiger partial charge in [-0.05, 0) is 30.3 Å². The molecule has 0 bridgehead atoms. The maximum atomic E-state index is 12.9. The summed E-state index contributed by atoms with van der Waals surface area (Å²) in [6.45, 7) is 2.40. The normalized spacial score (nSPS) is 18.2. The molecule has 6 heteroatoms. The average molecular weight is 380 g/mol. The molecule has 2 aliphatic heterocycles. The molecule has 146 valence electrons. The second-order valence-corrected chi connectivity index (χ2v) is 7.18. The number of amides is 2. The van der Waals surface area contributed by atoms with Crippen LogP contribution in [0.2, 0.25) is 0 Å². The molecule has 2 aromatic rings. The number of piperidine rings is 1. The summed E-state index contributed by atoms with van der Waals surface area (Å²) in [4.78, 5) is 29.2. The van der Waals surface area contributed by atoms with Crippen molar-refractivity contribution in [2.45, 2.75) is 18.6 Å². The number of likely N-dealkylation sites (tertiary alicyclic amines) is 1. The minimum atomic E-state index is -0.507. The Bertz CT molecular complexity index is 852. The molecule has 0 atom stereocenters. The van der Waals surface area contributed by atoms with Crippen LogP contribution in [-0.4, -0.2) is 55.9 Å². The summed E-state index contributed by atoms with van der Waals surface area (Å²) in [6.07, 6.45) is 1.35. The van der Waals surface area contributed by atoms with Crippen molar-refractivity contribution in [2.75, 3.05) is 38.3 Å². The SMILES string of the molecule is CN(C(=O)c1cccc(C(=O)N2CCC3(CC2)OCCO3)c1)c1ccccc1. The van der Waals surface area contributed by atoms with Gasteiger partial charge in [0.05, 0.1) is 13.2 Å². The van der Waals surface area contributed by atoms with E-state index in [4.69, 9.17) is 9.47 Å². The molecule has 2 heterocycles. The molecule has 0 unspecified atom stereocenters. The summed E-state index contributed by atoms with van der Waals surface area (Å²) >= 11 is 0. The monoisotopic (exact) mass is 380 g/mol. The lowest BCUT2D eigenvalue weighted by Crippen LogP contribution is -2.47. The van der Waals surface area contributed by atoms with Gasteiger partial charge >= 0.3 is 0 Å². The van der Waals surface area contributed by atoms with Crippen LogP contribution in [-0.2, 0) is 9.47 Å². The van der Waals surface area contributed by atoms with Crippen LogP contribution in [0.4, 0.5) is 5.69 Å². The van der Waals surface area contributed by atoms with Gasteiger partial charge in [-0.2, -0.15) is 0 Å². The number of hydrogen-bond acceptors (Lipinski definition) is 4. The van der Waals surface area contributed by atoms with Gasteiger partial charge in [0.2, 0.25) is 0 Å². The molecule has 2 amide bonds. The smallest absolute Gasteiger partial charge is 0.258 e. The van der Waals surface area contributed by atoms with E-state index in [1.54, 1.807) is 41.1 Å². The Morgan fingerprint density at radius 2 is 1.57 bits per heavy atom. The summed E-state index contributed by atoms with van der Waals surface area (Å²) in [5.41, 5.74) is 1.83. The maximum absolute atomic E-state index is 12.9. The van der Waals surface area contributed by atoms with Crippen molar-refractivity contribution in [2.24, 2.45) is 0 Å². The zero-order chi connectivity index (χ0) is 19.6. The molecule has 2 aliphatic rings. The van der Waals surface area contributed by atoms with Crippen LogP contribution >= 0.6 is 0 Å². The first-order valence-corrected chi connectivity index (χ1v) is 9.58. The van der Waals surface area contributed by atoms with Crippen molar-refractivity contribution >= 4 is 17.5 Å². The topological polar surface area (TPSA) is 59.1 Å². The van der Waals surface area contributed by atoms with E-state index in [9.17, 15) is 9.59 Å². The summed E-state index contributed by atoms with van der Waals surface area (Å²) in [5.74, 6) is -0.719. The standard InChI is InChI=1S/C22H24N2O4/c1-23(19-8-3-2-4-9-19)20(25)17-6-5-7-18(16-17)21(26)24-12-10-22(11-13-24)27-14-15-28-22/h2-9,16H,10-15H2,1H3. The van der Waals surface area contributed by atoms with Crippen LogP contribution in [0.3, 0.4) is 0 Å². The highest BCUT2D eigenvalue weighted by atomic mass is 16.7. The van der Waals surface area contributed by atoms with Gasteiger partial charge in [0.1, 0.15) is 0 Å². The van der Waals surface area contributed by atoms with E-state index in [0.29, 0.717) is 50.3 Å². The number of rotatable bonds is 3. The van der Waals surface area contributed by atoms with Gasteiger partial charge in [-0.25, -0.2) is 0 Å². The van der Waals surface area contributed by atoms with E-state index in [1.165, 1.54) is 0 Å². The highest BCUT2D eigenvalue weighted by molar-refractivity contribution is 6.07. The molecule has 0 N–H and O–H groups in total. The number of hydrogen-bond donors (Lipinski definition) is 0. The van der Waals surface area contributed by atoms with Gasteiger partial charge in [0.15, 0.2) is 5.79 Å². The van der Waals surface area contributed by atoms with E-state index in [1.807, 2.05) is 30.3 Å². The van der Waals surface area contributed by atoms with Crippen molar-refractivity contribution < 1.29 is 19.1 Å². The van der Waals surface area contributed by atoms with Gasteiger partial charge in [-0.3, -0.25) is 9.59 Å². The van der Waals surface area contributed by atoms with E-state index < -0.39 is 5.79 Å². The maximum Gasteiger partial charge on any atom is 0.258 e. The van der Waals surface area contributed by atoms with Crippen LogP contribution in [0.15, 0.2) is 54.6 Å². The Balaban J connectivity index is 1.46. The van der Waals surface area contributed by atoms with Gasteiger partial charge in [0, 0.05) is 49.8 Å². The molecule has 2 saturated heterocycles. The summed E-state index contributed by atoms with van der Waals surface area (Å²) in [5, 5.41) is 0. The molecule has 0 saturated carbocycles. The number of carbonyl (C=O) groups excluding carboxylic acids is 2. The van der Waals surface area contributed by atoms with Gasteiger partial charge < -0.3 is 19.3 Å². The minimum absolute atomic E-state index is 0.0649. The van der Waals surface area contributed by atoms with Crippen LogP contribution < -0.4 is 4.90 Å². The van der Waals surface area contributed by atoms with Crippen LogP contribution in [0.1, 0.15) is 33.6 Å². The molecule has 4 rings (SSSR count). The first kappa shape index (κ1) is 18.7. The molecular formula is C22H24N2O4. The number of ether oxygens (including phenoxy) is 2. The number of para-hydroxylation sites is 1. The van der Waals surface area contributed by atoms with Crippen molar-refractivity contribution in [3.05, 3.63) is 65.7 Å². The third-order valence-corrected chi connectivity index (χ3v) is 5.43. The third-order valence-electron chi connectivity index (χ3n) is 5.43. The van der Waals surface area contributed by atoms with E-state index in [-0.39, 0.29) is 11.8 Å². The zero-order valence-corrected chi connectivity index (χ0v) is 16.0. The highest BCUT2D eigenvalue weighted by Crippen LogP contribution is 2.31. The minimum Gasteiger partial charge on any atom is -0.347 e. The van der Waals surface area contributed by atoms with Crippen molar-refractivity contribution in [1.82, 2.24) is 4.90 Å². The molecule has 6 nitrogen and oxygen atoms in total. The molecule has 28 heavy (non-hydrogen) atoms. The van der Waals surface area contributed by atoms with E-state index >= 15 is 0 Å². The zero-order valence-electron chi connectivity index (χ0n) is 16.0. The van der Waals surface area contributed by atoms with Gasteiger partial charge in [-0.1, -0.05) is 24.3 Å². The fourth-order valence-corrected chi connectivity index (χ4v) is 3.77. The molecule has 0 aromatic heterocycles. The predicted molar refractivity (Wildman–Crippen MR) is 105 cm³/mol. The summed E-state index contributed by atoms with van der Waals surface area (Å²) < 4.78 is 11.4. The fraction of sp³-hybridized carbons (Fsp3) is 0.364. The largest absolute Gasteiger partial charge is 0.347 e. The Labute approximate surface area is 164 Å². The molecular weight excluding hydrogens is 356 g/mol. The predicted octanol–water partition coefficient (Wildman–Crippen LogP) is 2.94. The van der Waals surface area contributed by atoms with Gasteiger partial charge in [0.25, 0.3) is 11.8 Å². The molecule has 2 fully saturated rings. The molecule has 0 aliphatic carbocycles. The Morgan fingerprint density at radius 3 is 2.25 bits per heavy atom. The molecule has 1 spiro atoms. The average Bonchev–Trinajstić information content (AvgIpc) is 3.21. The van der Waals surface area contributed by atoms with Crippen LogP contribution in [0, 0.1) is 0 Å². The third kappa shape index (κ3) is 3.66. The summed E-state index contributed by atoms with van der Waals surface area (Å²) in [6, 6.07) is 16.4. The second-order valence-electron chi connectivity index (χ2n) is 7.18. The first-order valence-electron chi connectivity index (χ1n) is 9.58. The lowest BCUT2D eigenvalue weighted by Gasteiger charge is -2.37. The van der Waals surface area contributed by atoms with Crippen molar-refractivity contribution in [3.63, 3.8) is 0 Å². The quantitative estimate of drug-likeness (QED) is 0.822. The van der Waals surface area contributed by atoms with Crippen LogP contribution in [0.5, 0.6) is 0 Å². The Hall–Kier alpha value is -2.70.